The van der Waals surface area contributed by atoms with Crippen LogP contribution in [0.3, 0.4) is 0 Å². The van der Waals surface area contributed by atoms with Gasteiger partial charge in [0.15, 0.2) is 6.61 Å². The van der Waals surface area contributed by atoms with E-state index >= 15 is 0 Å². The lowest BCUT2D eigenvalue weighted by Gasteiger charge is -2.13. The summed E-state index contributed by atoms with van der Waals surface area (Å²) >= 11 is 0. The predicted molar refractivity (Wildman–Crippen MR) is 81.3 cm³/mol. The molecule has 1 atom stereocenters. The molecule has 0 bridgehead atoms. The van der Waals surface area contributed by atoms with E-state index in [2.05, 4.69) is 5.32 Å². The molecule has 2 aromatic carbocycles. The summed E-state index contributed by atoms with van der Waals surface area (Å²) in [5, 5.41) is 12.3. The summed E-state index contributed by atoms with van der Waals surface area (Å²) in [7, 11) is 0. The molecule has 2 aromatic rings. The number of carbonyl (C=O) groups is 1. The SMILES string of the molecule is O=C(COc1ccc(C(F)(F)F)cc1)NCC(O)c1ccc(F)cc1. The Morgan fingerprint density at radius 1 is 1.08 bits per heavy atom. The predicted octanol–water partition coefficient (Wildman–Crippen LogP) is 3.07. The van der Waals surface area contributed by atoms with Crippen LogP contribution in [0.4, 0.5) is 17.6 Å². The molecular weight excluding hydrogens is 342 g/mol. The fraction of sp³-hybridized carbons (Fsp3) is 0.235. The largest absolute Gasteiger partial charge is 0.484 e. The molecule has 0 saturated carbocycles. The van der Waals surface area contributed by atoms with E-state index < -0.39 is 36.2 Å². The molecule has 0 saturated heterocycles. The van der Waals surface area contributed by atoms with Gasteiger partial charge in [0.25, 0.3) is 5.91 Å². The van der Waals surface area contributed by atoms with E-state index in [4.69, 9.17) is 4.74 Å². The highest BCUT2D eigenvalue weighted by Gasteiger charge is 2.30. The Hall–Kier alpha value is -2.61. The van der Waals surface area contributed by atoms with E-state index in [0.29, 0.717) is 5.56 Å². The van der Waals surface area contributed by atoms with Crippen molar-refractivity contribution in [1.82, 2.24) is 5.32 Å². The van der Waals surface area contributed by atoms with E-state index in [1.54, 1.807) is 0 Å². The number of benzene rings is 2. The normalized spacial score (nSPS) is 12.5. The minimum absolute atomic E-state index is 0.110. The first-order valence-electron chi connectivity index (χ1n) is 7.26. The molecule has 1 amide bonds. The Morgan fingerprint density at radius 3 is 2.24 bits per heavy atom. The van der Waals surface area contributed by atoms with Crippen LogP contribution < -0.4 is 10.1 Å². The van der Waals surface area contributed by atoms with Gasteiger partial charge in [0.1, 0.15) is 11.6 Å². The molecule has 0 aliphatic rings. The number of aliphatic hydroxyl groups is 1. The van der Waals surface area contributed by atoms with E-state index in [0.717, 1.165) is 24.3 Å². The number of aliphatic hydroxyl groups excluding tert-OH is 1. The topological polar surface area (TPSA) is 58.6 Å². The summed E-state index contributed by atoms with van der Waals surface area (Å²) in [6.07, 6.45) is -5.46. The summed E-state index contributed by atoms with van der Waals surface area (Å²) in [4.78, 5) is 11.6. The first-order valence-corrected chi connectivity index (χ1v) is 7.26. The van der Waals surface area contributed by atoms with Crippen molar-refractivity contribution in [1.29, 1.82) is 0 Å². The molecular formula is C17H15F4NO3. The molecule has 8 heteroatoms. The monoisotopic (exact) mass is 357 g/mol. The number of carbonyl (C=O) groups excluding carboxylic acids is 1. The third-order valence-electron chi connectivity index (χ3n) is 3.30. The van der Waals surface area contributed by atoms with Crippen molar-refractivity contribution < 1.29 is 32.2 Å². The number of amides is 1. The summed E-state index contributed by atoms with van der Waals surface area (Å²) in [5.74, 6) is -0.881. The van der Waals surface area contributed by atoms with Crippen LogP contribution >= 0.6 is 0 Å². The Morgan fingerprint density at radius 2 is 1.68 bits per heavy atom. The second-order valence-corrected chi connectivity index (χ2v) is 5.18. The molecule has 0 spiro atoms. The lowest BCUT2D eigenvalue weighted by Crippen LogP contribution is -2.32. The average molecular weight is 357 g/mol. The van der Waals surface area contributed by atoms with Gasteiger partial charge in [-0.2, -0.15) is 13.2 Å². The number of halogens is 4. The van der Waals surface area contributed by atoms with Crippen molar-refractivity contribution in [2.24, 2.45) is 0 Å². The number of hydrogen-bond donors (Lipinski definition) is 2. The maximum atomic E-state index is 12.8. The van der Waals surface area contributed by atoms with Crippen LogP contribution in [0.25, 0.3) is 0 Å². The van der Waals surface area contributed by atoms with Crippen LogP contribution in [0.5, 0.6) is 5.75 Å². The maximum absolute atomic E-state index is 12.8. The van der Waals surface area contributed by atoms with Crippen molar-refractivity contribution in [3.63, 3.8) is 0 Å². The fourth-order valence-corrected chi connectivity index (χ4v) is 1.95. The minimum Gasteiger partial charge on any atom is -0.484 e. The third kappa shape index (κ3) is 5.75. The van der Waals surface area contributed by atoms with Gasteiger partial charge < -0.3 is 15.2 Å². The van der Waals surface area contributed by atoms with Gasteiger partial charge in [0.2, 0.25) is 0 Å². The average Bonchev–Trinajstić information content (AvgIpc) is 2.58. The molecule has 134 valence electrons. The molecule has 4 nitrogen and oxygen atoms in total. The van der Waals surface area contributed by atoms with Gasteiger partial charge in [-0.1, -0.05) is 12.1 Å². The van der Waals surface area contributed by atoms with Crippen molar-refractivity contribution in [2.75, 3.05) is 13.2 Å². The summed E-state index contributed by atoms with van der Waals surface area (Å²) < 4.78 is 55.1. The van der Waals surface area contributed by atoms with Gasteiger partial charge in [-0.25, -0.2) is 4.39 Å². The number of ether oxygens (including phenoxy) is 1. The molecule has 25 heavy (non-hydrogen) atoms. The van der Waals surface area contributed by atoms with E-state index in [1.165, 1.54) is 24.3 Å². The number of rotatable bonds is 6. The highest BCUT2D eigenvalue weighted by atomic mass is 19.4. The number of hydrogen-bond acceptors (Lipinski definition) is 3. The fourth-order valence-electron chi connectivity index (χ4n) is 1.95. The van der Waals surface area contributed by atoms with Gasteiger partial charge in [0, 0.05) is 6.54 Å². The van der Waals surface area contributed by atoms with Crippen molar-refractivity contribution in [3.8, 4) is 5.75 Å². The van der Waals surface area contributed by atoms with Crippen LogP contribution in [0.15, 0.2) is 48.5 Å². The molecule has 0 aromatic heterocycles. The van der Waals surface area contributed by atoms with Crippen LogP contribution in [0.1, 0.15) is 17.2 Å². The van der Waals surface area contributed by atoms with Crippen LogP contribution in [0.2, 0.25) is 0 Å². The van der Waals surface area contributed by atoms with Crippen molar-refractivity contribution >= 4 is 5.91 Å². The number of alkyl halides is 3. The second-order valence-electron chi connectivity index (χ2n) is 5.18. The van der Waals surface area contributed by atoms with Gasteiger partial charge in [-0.05, 0) is 42.0 Å². The van der Waals surface area contributed by atoms with Crippen LogP contribution in [-0.4, -0.2) is 24.2 Å². The minimum atomic E-state index is -4.44. The zero-order valence-corrected chi connectivity index (χ0v) is 12.9. The zero-order chi connectivity index (χ0) is 18.4. The van der Waals surface area contributed by atoms with Gasteiger partial charge in [-0.3, -0.25) is 4.79 Å². The summed E-state index contributed by atoms with van der Waals surface area (Å²) in [6, 6.07) is 9.10. The van der Waals surface area contributed by atoms with E-state index in [9.17, 15) is 27.5 Å². The zero-order valence-electron chi connectivity index (χ0n) is 12.9. The molecule has 1 unspecified atom stereocenters. The molecule has 0 aliphatic carbocycles. The van der Waals surface area contributed by atoms with Gasteiger partial charge in [0.05, 0.1) is 11.7 Å². The Balaban J connectivity index is 1.78. The van der Waals surface area contributed by atoms with Crippen LogP contribution in [-0.2, 0) is 11.0 Å². The first kappa shape index (κ1) is 18.7. The quantitative estimate of drug-likeness (QED) is 0.782. The van der Waals surface area contributed by atoms with Crippen molar-refractivity contribution in [2.45, 2.75) is 12.3 Å². The Kier molecular flexibility index (Phi) is 5.97. The molecule has 2 rings (SSSR count). The molecule has 2 N–H and O–H groups in total. The van der Waals surface area contributed by atoms with Gasteiger partial charge in [-0.15, -0.1) is 0 Å². The lowest BCUT2D eigenvalue weighted by molar-refractivity contribution is -0.137. The molecule has 0 radical (unpaired) electrons. The van der Waals surface area contributed by atoms with E-state index in [-0.39, 0.29) is 12.3 Å². The smallest absolute Gasteiger partial charge is 0.416 e. The summed E-state index contributed by atoms with van der Waals surface area (Å²) in [5.41, 5.74) is -0.378. The van der Waals surface area contributed by atoms with Crippen molar-refractivity contribution in [3.05, 3.63) is 65.5 Å². The molecule has 0 fully saturated rings. The number of nitrogens with one attached hydrogen (secondary N) is 1. The maximum Gasteiger partial charge on any atom is 0.416 e. The second kappa shape index (κ2) is 7.98. The van der Waals surface area contributed by atoms with Crippen LogP contribution in [0, 0.1) is 5.82 Å². The standard InChI is InChI=1S/C17H15F4NO3/c18-13-5-1-11(2-6-13)15(23)9-22-16(24)10-25-14-7-3-12(4-8-14)17(19,20)21/h1-8,15,23H,9-10H2,(H,22,24). The molecule has 0 aliphatic heterocycles. The molecule has 0 heterocycles. The Bertz CT molecular complexity index is 699. The first-order chi connectivity index (χ1) is 11.8. The summed E-state index contributed by atoms with van der Waals surface area (Å²) in [6.45, 7) is -0.525. The van der Waals surface area contributed by atoms with Gasteiger partial charge >= 0.3 is 6.18 Å². The highest BCUT2D eigenvalue weighted by Crippen LogP contribution is 2.30. The third-order valence-corrected chi connectivity index (χ3v) is 3.30. The lowest BCUT2D eigenvalue weighted by atomic mass is 10.1. The Labute approximate surface area is 141 Å². The van der Waals surface area contributed by atoms with E-state index in [1.807, 2.05) is 0 Å². The highest BCUT2D eigenvalue weighted by molar-refractivity contribution is 5.77.